The van der Waals surface area contributed by atoms with Crippen molar-refractivity contribution in [3.63, 3.8) is 0 Å². The highest BCUT2D eigenvalue weighted by Crippen LogP contribution is 2.33. The van der Waals surface area contributed by atoms with Gasteiger partial charge in [-0.15, -0.1) is 0 Å². The molecule has 6 heteroatoms. The third kappa shape index (κ3) is 2.86. The Morgan fingerprint density at radius 1 is 1.40 bits per heavy atom. The first-order valence-electron chi connectivity index (χ1n) is 6.84. The molecule has 1 fully saturated rings. The number of benzene rings is 1. The lowest BCUT2D eigenvalue weighted by atomic mass is 10.1. The number of rotatable bonds is 4. The Morgan fingerprint density at radius 3 is 3.10 bits per heavy atom. The highest BCUT2D eigenvalue weighted by Gasteiger charge is 2.24. The molecule has 2 aliphatic heterocycles. The van der Waals surface area contributed by atoms with Crippen LogP contribution in [0.3, 0.4) is 0 Å². The maximum Gasteiger partial charge on any atom is 0.231 e. The van der Waals surface area contributed by atoms with E-state index in [9.17, 15) is 4.79 Å². The van der Waals surface area contributed by atoms with Crippen LogP contribution in [0.15, 0.2) is 18.2 Å². The van der Waals surface area contributed by atoms with Crippen LogP contribution in [-0.2, 0) is 11.3 Å². The number of carbonyl (C=O) groups is 1. The first-order chi connectivity index (χ1) is 9.72. The zero-order chi connectivity index (χ0) is 13.9. The molecule has 0 spiro atoms. The summed E-state index contributed by atoms with van der Waals surface area (Å²) in [5.41, 5.74) is 6.48. The van der Waals surface area contributed by atoms with Gasteiger partial charge in [0.15, 0.2) is 11.5 Å². The number of carbonyl (C=O) groups excluding carboxylic acids is 1. The lowest BCUT2D eigenvalue weighted by Gasteiger charge is -2.35. The number of piperazine rings is 1. The third-order valence-corrected chi connectivity index (χ3v) is 3.73. The van der Waals surface area contributed by atoms with E-state index >= 15 is 0 Å². The van der Waals surface area contributed by atoms with E-state index in [1.807, 2.05) is 18.2 Å². The van der Waals surface area contributed by atoms with Gasteiger partial charge in [-0.3, -0.25) is 9.69 Å². The van der Waals surface area contributed by atoms with E-state index in [4.69, 9.17) is 15.2 Å². The standard InChI is InChI=1S/C14H19N3O3/c15-14(18)6-11-7-16-3-4-17(11)8-10-1-2-12-13(5-10)20-9-19-12/h1-2,5,11,16H,3-4,6-9H2,(H2,15,18). The second kappa shape index (κ2) is 5.68. The SMILES string of the molecule is NC(=O)CC1CNCCN1Cc1ccc2c(c1)OCO2. The van der Waals surface area contributed by atoms with Gasteiger partial charge in [0, 0.05) is 38.6 Å². The number of amides is 1. The topological polar surface area (TPSA) is 76.8 Å². The molecule has 1 aromatic carbocycles. The predicted molar refractivity (Wildman–Crippen MR) is 73.4 cm³/mol. The number of hydrogen-bond donors (Lipinski definition) is 2. The number of ether oxygens (including phenoxy) is 2. The highest BCUT2D eigenvalue weighted by atomic mass is 16.7. The molecule has 0 aromatic heterocycles. The Hall–Kier alpha value is -1.79. The van der Waals surface area contributed by atoms with E-state index in [1.54, 1.807) is 0 Å². The lowest BCUT2D eigenvalue weighted by Crippen LogP contribution is -2.51. The fourth-order valence-electron chi connectivity index (χ4n) is 2.72. The highest BCUT2D eigenvalue weighted by molar-refractivity contribution is 5.74. The molecule has 0 aliphatic carbocycles. The van der Waals surface area contributed by atoms with E-state index in [1.165, 1.54) is 0 Å². The Balaban J connectivity index is 1.70. The summed E-state index contributed by atoms with van der Waals surface area (Å²) in [6.45, 7) is 3.71. The zero-order valence-electron chi connectivity index (χ0n) is 11.3. The van der Waals surface area contributed by atoms with Gasteiger partial charge in [0.25, 0.3) is 0 Å². The molecular weight excluding hydrogens is 258 g/mol. The Morgan fingerprint density at radius 2 is 2.25 bits per heavy atom. The number of nitrogens with one attached hydrogen (secondary N) is 1. The van der Waals surface area contributed by atoms with Crippen LogP contribution in [0.25, 0.3) is 0 Å². The second-order valence-corrected chi connectivity index (χ2v) is 5.19. The summed E-state index contributed by atoms with van der Waals surface area (Å²) in [6, 6.07) is 6.14. The third-order valence-electron chi connectivity index (χ3n) is 3.73. The number of fused-ring (bicyclic) bond motifs is 1. The van der Waals surface area contributed by atoms with Crippen molar-refractivity contribution in [3.05, 3.63) is 23.8 Å². The van der Waals surface area contributed by atoms with Gasteiger partial charge in [-0.1, -0.05) is 6.07 Å². The van der Waals surface area contributed by atoms with Crippen LogP contribution >= 0.6 is 0 Å². The van der Waals surface area contributed by atoms with Crippen molar-refractivity contribution in [3.8, 4) is 11.5 Å². The molecule has 3 rings (SSSR count). The Bertz CT molecular complexity index is 506. The van der Waals surface area contributed by atoms with Gasteiger partial charge in [-0.2, -0.15) is 0 Å². The molecule has 0 radical (unpaired) electrons. The van der Waals surface area contributed by atoms with E-state index in [-0.39, 0.29) is 18.7 Å². The average molecular weight is 277 g/mol. The molecule has 1 aromatic rings. The van der Waals surface area contributed by atoms with Crippen molar-refractivity contribution < 1.29 is 14.3 Å². The molecule has 0 saturated carbocycles. The molecule has 20 heavy (non-hydrogen) atoms. The molecule has 1 amide bonds. The summed E-state index contributed by atoms with van der Waals surface area (Å²) in [7, 11) is 0. The average Bonchev–Trinajstić information content (AvgIpc) is 2.88. The minimum absolute atomic E-state index is 0.159. The fraction of sp³-hybridized carbons (Fsp3) is 0.500. The van der Waals surface area contributed by atoms with E-state index in [0.717, 1.165) is 43.2 Å². The predicted octanol–water partition coefficient (Wildman–Crippen LogP) is 0.0645. The summed E-state index contributed by atoms with van der Waals surface area (Å²) in [5.74, 6) is 1.33. The molecule has 108 valence electrons. The van der Waals surface area contributed by atoms with Crippen LogP contribution in [0.4, 0.5) is 0 Å². The molecular formula is C14H19N3O3. The first-order valence-corrected chi connectivity index (χ1v) is 6.84. The fourth-order valence-corrected chi connectivity index (χ4v) is 2.72. The van der Waals surface area contributed by atoms with Gasteiger partial charge in [0.2, 0.25) is 12.7 Å². The van der Waals surface area contributed by atoms with E-state index in [2.05, 4.69) is 10.2 Å². The molecule has 0 bridgehead atoms. The zero-order valence-corrected chi connectivity index (χ0v) is 11.3. The second-order valence-electron chi connectivity index (χ2n) is 5.19. The van der Waals surface area contributed by atoms with Gasteiger partial charge >= 0.3 is 0 Å². The largest absolute Gasteiger partial charge is 0.454 e. The van der Waals surface area contributed by atoms with Crippen molar-refractivity contribution in [1.82, 2.24) is 10.2 Å². The van der Waals surface area contributed by atoms with Crippen molar-refractivity contribution in [2.24, 2.45) is 5.73 Å². The Labute approximate surface area is 117 Å². The Kier molecular flexibility index (Phi) is 3.75. The van der Waals surface area contributed by atoms with Crippen LogP contribution in [-0.4, -0.2) is 43.3 Å². The summed E-state index contributed by atoms with van der Waals surface area (Å²) < 4.78 is 10.7. The lowest BCUT2D eigenvalue weighted by molar-refractivity contribution is -0.119. The van der Waals surface area contributed by atoms with Crippen molar-refractivity contribution in [2.45, 2.75) is 19.0 Å². The monoisotopic (exact) mass is 277 g/mol. The van der Waals surface area contributed by atoms with Gasteiger partial charge < -0.3 is 20.5 Å². The molecule has 1 atom stereocenters. The van der Waals surface area contributed by atoms with Crippen LogP contribution in [0.5, 0.6) is 11.5 Å². The number of hydrogen-bond acceptors (Lipinski definition) is 5. The van der Waals surface area contributed by atoms with E-state index < -0.39 is 0 Å². The number of nitrogens with zero attached hydrogens (tertiary/aromatic N) is 1. The smallest absolute Gasteiger partial charge is 0.231 e. The molecule has 2 heterocycles. The van der Waals surface area contributed by atoms with Crippen LogP contribution in [0, 0.1) is 0 Å². The van der Waals surface area contributed by atoms with Crippen LogP contribution < -0.4 is 20.5 Å². The maximum atomic E-state index is 11.2. The number of nitrogens with two attached hydrogens (primary N) is 1. The van der Waals surface area contributed by atoms with E-state index in [0.29, 0.717) is 6.42 Å². The normalized spacial score (nSPS) is 21.9. The summed E-state index contributed by atoms with van der Waals surface area (Å²) >= 11 is 0. The quantitative estimate of drug-likeness (QED) is 0.814. The first kappa shape index (κ1) is 13.2. The molecule has 1 unspecified atom stereocenters. The van der Waals surface area contributed by atoms with Gasteiger partial charge in [-0.05, 0) is 17.7 Å². The minimum Gasteiger partial charge on any atom is -0.454 e. The van der Waals surface area contributed by atoms with Gasteiger partial charge in [-0.25, -0.2) is 0 Å². The van der Waals surface area contributed by atoms with Gasteiger partial charge in [0.05, 0.1) is 0 Å². The van der Waals surface area contributed by atoms with Crippen molar-refractivity contribution in [2.75, 3.05) is 26.4 Å². The molecule has 3 N–H and O–H groups in total. The molecule has 6 nitrogen and oxygen atoms in total. The summed E-state index contributed by atoms with van der Waals surface area (Å²) in [5, 5.41) is 3.30. The van der Waals surface area contributed by atoms with Gasteiger partial charge in [0.1, 0.15) is 0 Å². The van der Waals surface area contributed by atoms with Crippen LogP contribution in [0.2, 0.25) is 0 Å². The minimum atomic E-state index is -0.255. The number of primary amides is 1. The summed E-state index contributed by atoms with van der Waals surface area (Å²) in [4.78, 5) is 13.4. The summed E-state index contributed by atoms with van der Waals surface area (Å²) in [6.07, 6.45) is 0.386. The van der Waals surface area contributed by atoms with Crippen LogP contribution in [0.1, 0.15) is 12.0 Å². The molecule has 1 saturated heterocycles. The maximum absolute atomic E-state index is 11.2. The van der Waals surface area contributed by atoms with Crippen molar-refractivity contribution in [1.29, 1.82) is 0 Å². The van der Waals surface area contributed by atoms with Crippen molar-refractivity contribution >= 4 is 5.91 Å². The molecule has 2 aliphatic rings.